The summed E-state index contributed by atoms with van der Waals surface area (Å²) in [7, 11) is 0. The third kappa shape index (κ3) is 4.95. The molecular formula is C17H25F2NO. The molecule has 1 atom stereocenters. The third-order valence-corrected chi connectivity index (χ3v) is 3.92. The molecule has 1 aliphatic rings. The van der Waals surface area contributed by atoms with Crippen LogP contribution < -0.4 is 4.74 Å². The first-order valence-electron chi connectivity index (χ1n) is 7.62. The summed E-state index contributed by atoms with van der Waals surface area (Å²) in [4.78, 5) is 2.06. The lowest BCUT2D eigenvalue weighted by molar-refractivity contribution is 0.117. The van der Waals surface area contributed by atoms with Gasteiger partial charge in [-0.25, -0.2) is 8.78 Å². The van der Waals surface area contributed by atoms with Gasteiger partial charge in [-0.2, -0.15) is 0 Å². The number of hydrogen-bond donors (Lipinski definition) is 0. The molecule has 0 unspecified atom stereocenters. The summed E-state index contributed by atoms with van der Waals surface area (Å²) in [6, 6.07) is 8.20. The number of halogens is 2. The zero-order chi connectivity index (χ0) is 15.5. The summed E-state index contributed by atoms with van der Waals surface area (Å²) in [5.41, 5.74) is 1.41. The fraction of sp³-hybridized carbons (Fsp3) is 0.647. The Balaban J connectivity index is 1.83. The highest BCUT2D eigenvalue weighted by Crippen LogP contribution is 2.25. The first-order valence-corrected chi connectivity index (χ1v) is 7.62. The molecule has 0 N–H and O–H groups in total. The third-order valence-electron chi connectivity index (χ3n) is 3.92. The largest absolute Gasteiger partial charge is 0.489 e. The molecule has 0 bridgehead atoms. The van der Waals surface area contributed by atoms with E-state index >= 15 is 0 Å². The van der Waals surface area contributed by atoms with Crippen molar-refractivity contribution in [1.29, 1.82) is 0 Å². The van der Waals surface area contributed by atoms with Gasteiger partial charge in [-0.3, -0.25) is 4.90 Å². The minimum atomic E-state index is -2.21. The molecule has 0 saturated carbocycles. The lowest BCUT2D eigenvalue weighted by atomic mass is 9.87. The molecular weight excluding hydrogens is 272 g/mol. The number of ether oxygens (including phenoxy) is 1. The first kappa shape index (κ1) is 16.2. The van der Waals surface area contributed by atoms with Crippen molar-refractivity contribution in [2.24, 2.45) is 0 Å². The Bertz CT molecular complexity index is 439. The second-order valence-corrected chi connectivity index (χ2v) is 6.78. The van der Waals surface area contributed by atoms with Crippen LogP contribution in [0.2, 0.25) is 0 Å². The highest BCUT2D eigenvalue weighted by atomic mass is 19.3. The van der Waals surface area contributed by atoms with E-state index in [1.807, 2.05) is 12.1 Å². The molecule has 0 radical (unpaired) electrons. The standard InChI is InChI=1S/C17H25F2NO/c1-17(2,3)13-4-6-14(7-5-13)21-15-8-10-20(12-15)11-9-16(18)19/h4-7,15-16H,8-12H2,1-3H3/t15-/m1/s1. The Hall–Kier alpha value is -1.16. The molecule has 0 aromatic heterocycles. The number of benzene rings is 1. The summed E-state index contributed by atoms with van der Waals surface area (Å²) in [5, 5.41) is 0. The monoisotopic (exact) mass is 297 g/mol. The molecule has 1 aliphatic heterocycles. The molecule has 4 heteroatoms. The smallest absolute Gasteiger partial charge is 0.239 e. The van der Waals surface area contributed by atoms with E-state index in [-0.39, 0.29) is 17.9 Å². The summed E-state index contributed by atoms with van der Waals surface area (Å²) < 4.78 is 30.4. The minimum absolute atomic E-state index is 0.0486. The molecule has 1 aromatic rings. The van der Waals surface area contributed by atoms with Crippen LogP contribution in [0.15, 0.2) is 24.3 Å². The summed E-state index contributed by atoms with van der Waals surface area (Å²) in [5.74, 6) is 0.865. The van der Waals surface area contributed by atoms with E-state index in [2.05, 4.69) is 37.8 Å². The lowest BCUT2D eigenvalue weighted by Gasteiger charge is -2.20. The van der Waals surface area contributed by atoms with E-state index in [4.69, 9.17) is 4.74 Å². The quantitative estimate of drug-likeness (QED) is 0.811. The summed E-state index contributed by atoms with van der Waals surface area (Å²) in [6.45, 7) is 8.59. The molecule has 0 amide bonds. The first-order chi connectivity index (χ1) is 9.84. The van der Waals surface area contributed by atoms with Gasteiger partial charge in [-0.1, -0.05) is 32.9 Å². The molecule has 1 fully saturated rings. The Labute approximate surface area is 126 Å². The van der Waals surface area contributed by atoms with Crippen LogP contribution in [0, 0.1) is 0 Å². The molecule has 0 aliphatic carbocycles. The van der Waals surface area contributed by atoms with Gasteiger partial charge in [0.1, 0.15) is 11.9 Å². The summed E-state index contributed by atoms with van der Waals surface area (Å²) in [6.07, 6.45) is -1.24. The SMILES string of the molecule is CC(C)(C)c1ccc(O[C@@H]2CCN(CCC(F)F)C2)cc1. The van der Waals surface area contributed by atoms with Crippen molar-refractivity contribution in [3.8, 4) is 5.75 Å². The van der Waals surface area contributed by atoms with Crippen LogP contribution in [0.25, 0.3) is 0 Å². The predicted octanol–water partition coefficient (Wildman–Crippen LogP) is 4.09. The number of hydrogen-bond acceptors (Lipinski definition) is 2. The van der Waals surface area contributed by atoms with E-state index in [0.717, 1.165) is 25.3 Å². The second kappa shape index (κ2) is 6.73. The van der Waals surface area contributed by atoms with Gasteiger partial charge in [0.05, 0.1) is 0 Å². The maximum atomic E-state index is 12.2. The van der Waals surface area contributed by atoms with Crippen LogP contribution in [-0.2, 0) is 5.41 Å². The topological polar surface area (TPSA) is 12.5 Å². The Kier molecular flexibility index (Phi) is 5.20. The number of rotatable bonds is 5. The maximum Gasteiger partial charge on any atom is 0.239 e. The fourth-order valence-electron chi connectivity index (χ4n) is 2.60. The molecule has 1 heterocycles. The van der Waals surface area contributed by atoms with Gasteiger partial charge in [0.25, 0.3) is 0 Å². The minimum Gasteiger partial charge on any atom is -0.489 e. The van der Waals surface area contributed by atoms with Gasteiger partial charge in [0.2, 0.25) is 6.43 Å². The Morgan fingerprint density at radius 2 is 1.90 bits per heavy atom. The summed E-state index contributed by atoms with van der Waals surface area (Å²) >= 11 is 0. The van der Waals surface area contributed by atoms with Gasteiger partial charge in [-0.05, 0) is 29.5 Å². The lowest BCUT2D eigenvalue weighted by Crippen LogP contribution is -2.26. The van der Waals surface area contributed by atoms with E-state index in [9.17, 15) is 8.78 Å². The molecule has 0 spiro atoms. The average molecular weight is 297 g/mol. The molecule has 118 valence electrons. The van der Waals surface area contributed by atoms with Crippen molar-refractivity contribution in [3.05, 3.63) is 29.8 Å². The zero-order valence-corrected chi connectivity index (χ0v) is 13.1. The molecule has 1 saturated heterocycles. The van der Waals surface area contributed by atoms with Crippen LogP contribution in [0.4, 0.5) is 8.78 Å². The van der Waals surface area contributed by atoms with Crippen molar-refractivity contribution in [3.63, 3.8) is 0 Å². The van der Waals surface area contributed by atoms with E-state index in [1.165, 1.54) is 5.56 Å². The van der Waals surface area contributed by atoms with Crippen LogP contribution >= 0.6 is 0 Å². The van der Waals surface area contributed by atoms with Crippen LogP contribution in [0.3, 0.4) is 0 Å². The van der Waals surface area contributed by atoms with Crippen molar-refractivity contribution in [2.75, 3.05) is 19.6 Å². The highest BCUT2D eigenvalue weighted by molar-refractivity contribution is 5.31. The van der Waals surface area contributed by atoms with Gasteiger partial charge >= 0.3 is 0 Å². The van der Waals surface area contributed by atoms with Crippen molar-refractivity contribution < 1.29 is 13.5 Å². The molecule has 21 heavy (non-hydrogen) atoms. The van der Waals surface area contributed by atoms with Crippen LogP contribution in [-0.4, -0.2) is 37.1 Å². The molecule has 2 nitrogen and oxygen atoms in total. The van der Waals surface area contributed by atoms with E-state index < -0.39 is 6.43 Å². The number of likely N-dealkylation sites (tertiary alicyclic amines) is 1. The predicted molar refractivity (Wildman–Crippen MR) is 81.2 cm³/mol. The fourth-order valence-corrected chi connectivity index (χ4v) is 2.60. The van der Waals surface area contributed by atoms with E-state index in [0.29, 0.717) is 6.54 Å². The van der Waals surface area contributed by atoms with Gasteiger partial charge in [0.15, 0.2) is 0 Å². The maximum absolute atomic E-state index is 12.2. The molecule has 1 aromatic carbocycles. The number of alkyl halides is 2. The molecule has 2 rings (SSSR count). The van der Waals surface area contributed by atoms with Crippen LogP contribution in [0.5, 0.6) is 5.75 Å². The Morgan fingerprint density at radius 3 is 2.48 bits per heavy atom. The highest BCUT2D eigenvalue weighted by Gasteiger charge is 2.24. The normalized spacial score (nSPS) is 20.2. The van der Waals surface area contributed by atoms with Crippen molar-refractivity contribution in [1.82, 2.24) is 4.90 Å². The Morgan fingerprint density at radius 1 is 1.24 bits per heavy atom. The van der Waals surface area contributed by atoms with Crippen LogP contribution in [0.1, 0.15) is 39.2 Å². The number of nitrogens with zero attached hydrogens (tertiary/aromatic N) is 1. The average Bonchev–Trinajstić information content (AvgIpc) is 2.83. The second-order valence-electron chi connectivity index (χ2n) is 6.78. The van der Waals surface area contributed by atoms with Gasteiger partial charge < -0.3 is 4.74 Å². The van der Waals surface area contributed by atoms with E-state index in [1.54, 1.807) is 0 Å². The van der Waals surface area contributed by atoms with Gasteiger partial charge in [-0.15, -0.1) is 0 Å². The zero-order valence-electron chi connectivity index (χ0n) is 13.1. The van der Waals surface area contributed by atoms with Crippen molar-refractivity contribution >= 4 is 0 Å². The van der Waals surface area contributed by atoms with Crippen molar-refractivity contribution in [2.45, 2.75) is 51.6 Å². The van der Waals surface area contributed by atoms with Gasteiger partial charge in [0, 0.05) is 26.1 Å².